The van der Waals surface area contributed by atoms with Crippen LogP contribution in [0.2, 0.25) is 0 Å². The second-order valence-corrected chi connectivity index (χ2v) is 8.66. The molecular formula is C27H32O8. The molecule has 0 aromatic heterocycles. The second-order valence-electron chi connectivity index (χ2n) is 8.66. The fraction of sp³-hybridized carbons (Fsp3) is 0.333. The van der Waals surface area contributed by atoms with Crippen LogP contribution in [-0.2, 0) is 37.3 Å². The number of phenols is 2. The first-order chi connectivity index (χ1) is 16.5. The number of hydrogen-bond donors (Lipinski definition) is 4. The van der Waals surface area contributed by atoms with Gasteiger partial charge in [-0.2, -0.15) is 0 Å². The lowest BCUT2D eigenvalue weighted by molar-refractivity contribution is -0.132. The minimum absolute atomic E-state index is 0.219. The van der Waals surface area contributed by atoms with Crippen LogP contribution in [0.25, 0.3) is 0 Å². The molecular weight excluding hydrogens is 452 g/mol. The molecule has 4 rings (SSSR count). The van der Waals surface area contributed by atoms with Crippen molar-refractivity contribution < 1.29 is 39.5 Å². The first-order valence-electron chi connectivity index (χ1n) is 11.1. The lowest BCUT2D eigenvalue weighted by Gasteiger charge is -2.30. The molecule has 8 nitrogen and oxygen atoms in total. The van der Waals surface area contributed by atoms with Gasteiger partial charge in [-0.05, 0) is 34.9 Å². The summed E-state index contributed by atoms with van der Waals surface area (Å²) in [5.74, 6) is -1.35. The molecule has 2 heterocycles. The van der Waals surface area contributed by atoms with E-state index in [2.05, 4.69) is 27.0 Å². The van der Waals surface area contributed by atoms with Crippen LogP contribution >= 0.6 is 0 Å². The maximum absolute atomic E-state index is 10.5. The van der Waals surface area contributed by atoms with Gasteiger partial charge in [0.05, 0.1) is 25.4 Å². The van der Waals surface area contributed by atoms with Crippen molar-refractivity contribution in [3.8, 4) is 11.5 Å². The van der Waals surface area contributed by atoms with Crippen LogP contribution in [0.4, 0.5) is 0 Å². The number of ether oxygens (including phenoxy) is 2. The quantitative estimate of drug-likeness (QED) is 0.327. The molecule has 2 aliphatic rings. The first kappa shape index (κ1) is 27.6. The molecule has 35 heavy (non-hydrogen) atoms. The van der Waals surface area contributed by atoms with E-state index in [4.69, 9.17) is 19.7 Å². The Morgan fingerprint density at radius 3 is 1.71 bits per heavy atom. The van der Waals surface area contributed by atoms with Crippen LogP contribution < -0.4 is 0 Å². The van der Waals surface area contributed by atoms with E-state index in [1.165, 1.54) is 11.1 Å². The number of aliphatic carboxylic acids is 2. The van der Waals surface area contributed by atoms with Crippen molar-refractivity contribution in [3.63, 3.8) is 0 Å². The molecule has 2 aromatic carbocycles. The topological polar surface area (TPSA) is 140 Å². The maximum Gasteiger partial charge on any atom is 0.327 e. The van der Waals surface area contributed by atoms with Gasteiger partial charge in [0, 0.05) is 36.0 Å². The van der Waals surface area contributed by atoms with E-state index in [0.717, 1.165) is 49.3 Å². The predicted octanol–water partition coefficient (Wildman–Crippen LogP) is 3.82. The van der Waals surface area contributed by atoms with Crippen LogP contribution in [0.3, 0.4) is 0 Å². The van der Waals surface area contributed by atoms with Gasteiger partial charge in [-0.25, -0.2) is 9.59 Å². The Morgan fingerprint density at radius 2 is 1.31 bits per heavy atom. The summed E-state index contributed by atoms with van der Waals surface area (Å²) < 4.78 is 10.9. The molecule has 2 unspecified atom stereocenters. The van der Waals surface area contributed by atoms with E-state index in [1.54, 1.807) is 18.2 Å². The normalized spacial score (nSPS) is 17.5. The van der Waals surface area contributed by atoms with Gasteiger partial charge >= 0.3 is 11.9 Å². The Kier molecular flexibility index (Phi) is 9.62. The zero-order valence-corrected chi connectivity index (χ0v) is 19.9. The highest BCUT2D eigenvalue weighted by Crippen LogP contribution is 2.40. The van der Waals surface area contributed by atoms with E-state index in [0.29, 0.717) is 5.75 Å². The third-order valence-electron chi connectivity index (χ3n) is 5.69. The summed E-state index contributed by atoms with van der Waals surface area (Å²) in [6.07, 6.45) is 3.69. The van der Waals surface area contributed by atoms with E-state index < -0.39 is 11.9 Å². The van der Waals surface area contributed by atoms with Gasteiger partial charge < -0.3 is 29.9 Å². The molecule has 4 N–H and O–H groups in total. The number of rotatable bonds is 8. The Balaban J connectivity index is 0.000000368. The van der Waals surface area contributed by atoms with E-state index >= 15 is 0 Å². The number of benzene rings is 2. The van der Waals surface area contributed by atoms with Gasteiger partial charge in [0.25, 0.3) is 0 Å². The lowest BCUT2D eigenvalue weighted by Crippen LogP contribution is -2.23. The number of hydrogen-bond acceptors (Lipinski definition) is 6. The van der Waals surface area contributed by atoms with E-state index in [1.807, 2.05) is 18.2 Å². The highest BCUT2D eigenvalue weighted by molar-refractivity contribution is 5.79. The van der Waals surface area contributed by atoms with Gasteiger partial charge in [0.15, 0.2) is 0 Å². The largest absolute Gasteiger partial charge is 0.508 e. The molecule has 2 atom stereocenters. The molecule has 2 aromatic rings. The van der Waals surface area contributed by atoms with Gasteiger partial charge in [-0.15, -0.1) is 0 Å². The molecule has 0 radical (unpaired) electrons. The second kappa shape index (κ2) is 12.2. The molecule has 0 amide bonds. The van der Waals surface area contributed by atoms with Crippen molar-refractivity contribution in [2.45, 2.75) is 44.3 Å². The zero-order chi connectivity index (χ0) is 26.2. The SMILES string of the molecule is C=CC(=O)O.C=CC(=O)O.CC(C)(c1ccc(O)cc1)c1ccc(O)c(CC2CO2)c1CC1CO1. The van der Waals surface area contributed by atoms with Crippen molar-refractivity contribution in [1.29, 1.82) is 0 Å². The van der Waals surface area contributed by atoms with Crippen molar-refractivity contribution >= 4 is 11.9 Å². The van der Waals surface area contributed by atoms with Gasteiger partial charge in [0.1, 0.15) is 11.5 Å². The summed E-state index contributed by atoms with van der Waals surface area (Å²) in [7, 11) is 0. The molecule has 2 fully saturated rings. The van der Waals surface area contributed by atoms with Gasteiger partial charge in [-0.3, -0.25) is 0 Å². The van der Waals surface area contributed by atoms with Crippen LogP contribution in [0.1, 0.15) is 36.1 Å². The number of carboxylic acid groups (broad SMARTS) is 2. The standard InChI is InChI=1S/C21H24O4.2C3H4O2/c1-21(2,13-3-5-14(22)6-4-13)19-7-8-20(23)18(10-16-12-25-16)17(19)9-15-11-24-15;2*1-2-3(4)5/h3-8,15-16,22-23H,9-12H2,1-2H3;2*2H,1H2,(H,4,5). The van der Waals surface area contributed by atoms with Crippen molar-refractivity contribution in [2.24, 2.45) is 0 Å². The maximum atomic E-state index is 10.5. The molecule has 2 saturated heterocycles. The number of carboxylic acids is 2. The Labute approximate surface area is 204 Å². The Bertz CT molecular complexity index is 1030. The summed E-state index contributed by atoms with van der Waals surface area (Å²) in [5.41, 5.74) is 4.24. The van der Waals surface area contributed by atoms with Crippen molar-refractivity contribution in [3.05, 3.63) is 84.0 Å². The predicted molar refractivity (Wildman–Crippen MR) is 131 cm³/mol. The number of phenolic OH excluding ortho intramolecular Hbond substituents is 2. The number of epoxide rings is 2. The molecule has 0 spiro atoms. The van der Waals surface area contributed by atoms with Crippen molar-refractivity contribution in [2.75, 3.05) is 13.2 Å². The van der Waals surface area contributed by atoms with Crippen LogP contribution in [0, 0.1) is 0 Å². The molecule has 0 aliphatic carbocycles. The van der Waals surface area contributed by atoms with E-state index in [-0.39, 0.29) is 23.4 Å². The fourth-order valence-corrected chi connectivity index (χ4v) is 3.59. The summed E-state index contributed by atoms with van der Waals surface area (Å²) in [5, 5.41) is 35.3. The monoisotopic (exact) mass is 484 g/mol. The highest BCUT2D eigenvalue weighted by atomic mass is 16.6. The van der Waals surface area contributed by atoms with Gasteiger partial charge in [-0.1, -0.05) is 45.2 Å². The smallest absolute Gasteiger partial charge is 0.327 e. The summed E-state index contributed by atoms with van der Waals surface area (Å²) >= 11 is 0. The van der Waals surface area contributed by atoms with Crippen LogP contribution in [0.15, 0.2) is 61.7 Å². The Morgan fingerprint density at radius 1 is 0.886 bits per heavy atom. The lowest BCUT2D eigenvalue weighted by atomic mass is 9.74. The molecule has 0 saturated carbocycles. The molecule has 0 bridgehead atoms. The van der Waals surface area contributed by atoms with Gasteiger partial charge in [0.2, 0.25) is 0 Å². The molecule has 188 valence electrons. The van der Waals surface area contributed by atoms with E-state index in [9.17, 15) is 19.8 Å². The van der Waals surface area contributed by atoms with Crippen LogP contribution in [0.5, 0.6) is 11.5 Å². The summed E-state index contributed by atoms with van der Waals surface area (Å²) in [6, 6.07) is 11.2. The zero-order valence-electron chi connectivity index (χ0n) is 19.9. The number of carbonyl (C=O) groups is 2. The molecule has 2 aliphatic heterocycles. The minimum Gasteiger partial charge on any atom is -0.508 e. The third kappa shape index (κ3) is 8.59. The average molecular weight is 485 g/mol. The fourth-order valence-electron chi connectivity index (χ4n) is 3.59. The molecule has 8 heteroatoms. The highest BCUT2D eigenvalue weighted by Gasteiger charge is 2.34. The summed E-state index contributed by atoms with van der Waals surface area (Å²) in [6.45, 7) is 11.8. The average Bonchev–Trinajstić information content (AvgIpc) is 3.73. The minimum atomic E-state index is -0.981. The number of aromatic hydroxyl groups is 2. The first-order valence-corrected chi connectivity index (χ1v) is 11.1. The van der Waals surface area contributed by atoms with Crippen LogP contribution in [-0.4, -0.2) is 57.8 Å². The summed E-state index contributed by atoms with van der Waals surface area (Å²) in [4.78, 5) is 18.5. The Hall–Kier alpha value is -3.62. The van der Waals surface area contributed by atoms with Crippen molar-refractivity contribution in [1.82, 2.24) is 0 Å². The third-order valence-corrected chi connectivity index (χ3v) is 5.69.